The molecule has 14 nitrogen and oxygen atoms in total. The number of esters is 1. The van der Waals surface area contributed by atoms with Gasteiger partial charge in [-0.1, -0.05) is 34.0 Å². The summed E-state index contributed by atoms with van der Waals surface area (Å²) in [5.41, 5.74) is -0.642. The first-order chi connectivity index (χ1) is 16.5. The van der Waals surface area contributed by atoms with Crippen molar-refractivity contribution >= 4 is 39.1 Å². The molecule has 1 N–H and O–H groups in total. The Morgan fingerprint density at radius 2 is 2.09 bits per heavy atom. The summed E-state index contributed by atoms with van der Waals surface area (Å²) in [5, 5.41) is 21.1. The van der Waals surface area contributed by atoms with E-state index in [0.717, 1.165) is 28.7 Å². The molecule has 0 saturated heterocycles. The molecular formula is C19H20N4O10S2. The number of hydrogen-bond acceptors (Lipinski definition) is 10. The number of thiazole rings is 1. The summed E-state index contributed by atoms with van der Waals surface area (Å²) in [6.45, 7) is 1.84. The second kappa shape index (κ2) is 10.3. The number of nitro groups is 1. The molecule has 1 unspecified atom stereocenters. The van der Waals surface area contributed by atoms with Crippen LogP contribution in [-0.2, 0) is 37.5 Å². The van der Waals surface area contributed by atoms with E-state index >= 15 is 0 Å². The largest absolute Gasteiger partial charge is 0.468 e. The van der Waals surface area contributed by atoms with Crippen LogP contribution in [0.15, 0.2) is 46.6 Å². The highest BCUT2D eigenvalue weighted by Gasteiger charge is 2.44. The normalized spacial score (nSPS) is 15.5. The fourth-order valence-electron chi connectivity index (χ4n) is 3.45. The Morgan fingerprint density at radius 3 is 2.69 bits per heavy atom. The summed E-state index contributed by atoms with van der Waals surface area (Å²) in [5.74, 6) is -0.774. The van der Waals surface area contributed by atoms with Crippen molar-refractivity contribution in [2.24, 2.45) is 0 Å². The molecule has 2 heterocycles. The number of carbonyl (C=O) groups excluding carboxylic acids is 1. The maximum Gasteiger partial charge on any atom is 0.407 e. The van der Waals surface area contributed by atoms with Crippen molar-refractivity contribution in [3.05, 3.63) is 67.3 Å². The number of nitro benzene ring substituents is 1. The molecule has 1 aliphatic rings. The van der Waals surface area contributed by atoms with Gasteiger partial charge in [0.2, 0.25) is 0 Å². The van der Waals surface area contributed by atoms with Crippen molar-refractivity contribution in [3.8, 4) is 0 Å². The molecule has 0 bridgehead atoms. The highest BCUT2D eigenvalue weighted by atomic mass is 32.2. The minimum absolute atomic E-state index is 0.0778. The van der Waals surface area contributed by atoms with E-state index in [9.17, 15) is 38.0 Å². The minimum atomic E-state index is -4.77. The van der Waals surface area contributed by atoms with Crippen molar-refractivity contribution in [1.29, 1.82) is 0 Å². The maximum atomic E-state index is 13.6. The predicted molar refractivity (Wildman–Crippen MR) is 120 cm³/mol. The number of fused-ring (bicyclic) bond motifs is 1. The average molecular weight is 529 g/mol. The lowest BCUT2D eigenvalue weighted by Gasteiger charge is -2.36. The van der Waals surface area contributed by atoms with Gasteiger partial charge in [-0.25, -0.2) is 13.2 Å². The molecule has 2 aromatic rings. The molecule has 0 aliphatic carbocycles. The van der Waals surface area contributed by atoms with E-state index in [-0.39, 0.29) is 23.7 Å². The number of benzene rings is 1. The zero-order chi connectivity index (χ0) is 25.9. The number of nitrogens with zero attached hydrogens (tertiary/aromatic N) is 4. The SMILES string of the molecule is C=CCON(C1CN(C(=O)O)Cc2c1sc(=O)n2CC(=O)OC)S(=O)(=O)c1ccccc1[N+](=O)[O-]. The Hall–Kier alpha value is -3.60. The highest BCUT2D eigenvalue weighted by Crippen LogP contribution is 2.38. The lowest BCUT2D eigenvalue weighted by molar-refractivity contribution is -0.388. The smallest absolute Gasteiger partial charge is 0.407 e. The summed E-state index contributed by atoms with van der Waals surface area (Å²) in [7, 11) is -3.65. The van der Waals surface area contributed by atoms with Crippen LogP contribution >= 0.6 is 11.3 Å². The molecule has 188 valence electrons. The fourth-order valence-corrected chi connectivity index (χ4v) is 6.15. The van der Waals surface area contributed by atoms with E-state index in [1.807, 2.05) is 0 Å². The first-order valence-electron chi connectivity index (χ1n) is 9.81. The van der Waals surface area contributed by atoms with Crippen LogP contribution in [0.25, 0.3) is 0 Å². The van der Waals surface area contributed by atoms with Crippen LogP contribution in [0, 0.1) is 10.1 Å². The van der Waals surface area contributed by atoms with Crippen molar-refractivity contribution in [2.45, 2.75) is 24.0 Å². The third-order valence-corrected chi connectivity index (χ3v) is 7.86. The summed E-state index contributed by atoms with van der Waals surface area (Å²) < 4.78 is 33.2. The van der Waals surface area contributed by atoms with Crippen LogP contribution in [0.5, 0.6) is 0 Å². The molecular weight excluding hydrogens is 508 g/mol. The van der Waals surface area contributed by atoms with E-state index in [4.69, 9.17) is 4.84 Å². The van der Waals surface area contributed by atoms with Crippen LogP contribution < -0.4 is 4.87 Å². The first kappa shape index (κ1) is 26.0. The molecule has 1 aliphatic heterocycles. The van der Waals surface area contributed by atoms with Gasteiger partial charge >= 0.3 is 16.9 Å². The Morgan fingerprint density at radius 1 is 1.40 bits per heavy atom. The molecule has 1 atom stereocenters. The zero-order valence-corrected chi connectivity index (χ0v) is 19.9. The van der Waals surface area contributed by atoms with Crippen molar-refractivity contribution in [1.82, 2.24) is 13.9 Å². The van der Waals surface area contributed by atoms with Gasteiger partial charge in [0.05, 0.1) is 35.8 Å². The second-order valence-corrected chi connectivity index (χ2v) is 9.83. The van der Waals surface area contributed by atoms with E-state index in [1.165, 1.54) is 18.2 Å². The Balaban J connectivity index is 2.22. The molecule has 0 fully saturated rings. The van der Waals surface area contributed by atoms with Gasteiger partial charge in [0.1, 0.15) is 12.6 Å². The second-order valence-electron chi connectivity index (χ2n) is 7.09. The molecule has 35 heavy (non-hydrogen) atoms. The molecule has 0 spiro atoms. The van der Waals surface area contributed by atoms with E-state index in [1.54, 1.807) is 0 Å². The number of hydroxylamine groups is 1. The van der Waals surface area contributed by atoms with Crippen molar-refractivity contribution in [2.75, 3.05) is 20.3 Å². The quantitative estimate of drug-likeness (QED) is 0.216. The number of para-hydroxylation sites is 1. The summed E-state index contributed by atoms with van der Waals surface area (Å²) in [6, 6.07) is 3.19. The highest BCUT2D eigenvalue weighted by molar-refractivity contribution is 7.89. The topological polar surface area (TPSA) is 179 Å². The van der Waals surface area contributed by atoms with E-state index in [0.29, 0.717) is 15.8 Å². The molecule has 16 heteroatoms. The lowest BCUT2D eigenvalue weighted by Crippen LogP contribution is -2.46. The van der Waals surface area contributed by atoms with Gasteiger partial charge < -0.3 is 14.7 Å². The van der Waals surface area contributed by atoms with Gasteiger partial charge in [-0.15, -0.1) is 6.58 Å². The minimum Gasteiger partial charge on any atom is -0.468 e. The van der Waals surface area contributed by atoms with Gasteiger partial charge in [-0.2, -0.15) is 0 Å². The van der Waals surface area contributed by atoms with Crippen LogP contribution in [0.4, 0.5) is 10.5 Å². The summed E-state index contributed by atoms with van der Waals surface area (Å²) in [4.78, 5) is 52.0. The van der Waals surface area contributed by atoms with Gasteiger partial charge in [0.25, 0.3) is 15.7 Å². The third kappa shape index (κ3) is 5.09. The van der Waals surface area contributed by atoms with Gasteiger partial charge in [0.15, 0.2) is 4.90 Å². The summed E-state index contributed by atoms with van der Waals surface area (Å²) >= 11 is 0.609. The molecule has 1 aromatic carbocycles. The number of rotatable bonds is 9. The Kier molecular flexibility index (Phi) is 7.69. The molecule has 0 radical (unpaired) electrons. The number of carboxylic acid groups (broad SMARTS) is 1. The number of ether oxygens (including phenoxy) is 1. The van der Waals surface area contributed by atoms with Gasteiger partial charge in [-0.05, 0) is 6.07 Å². The third-order valence-electron chi connectivity index (χ3n) is 5.00. The van der Waals surface area contributed by atoms with Crippen LogP contribution in [0.2, 0.25) is 0 Å². The number of sulfonamides is 1. The number of carbonyl (C=O) groups is 2. The van der Waals surface area contributed by atoms with Crippen LogP contribution in [0.3, 0.4) is 0 Å². The number of hydrogen-bond donors (Lipinski definition) is 1. The Labute approximate surface area is 202 Å². The molecule has 0 saturated carbocycles. The van der Waals surface area contributed by atoms with E-state index < -0.39 is 61.6 Å². The van der Waals surface area contributed by atoms with Crippen LogP contribution in [-0.4, -0.2) is 64.7 Å². The van der Waals surface area contributed by atoms with E-state index in [2.05, 4.69) is 11.3 Å². The average Bonchev–Trinajstić information content (AvgIpc) is 3.13. The standard InChI is InChI=1S/C19H20N4O10S2/c1-3-8-33-23(35(30,31)15-7-5-4-6-12(15)22(28)29)14-10-20(18(25)26)9-13-17(14)34-19(27)21(13)11-16(24)32-2/h3-7,14H,1,8-11H2,2H3,(H,25,26). The van der Waals surface area contributed by atoms with Gasteiger partial charge in [0, 0.05) is 12.6 Å². The van der Waals surface area contributed by atoms with Crippen molar-refractivity contribution < 1.29 is 37.6 Å². The maximum absolute atomic E-state index is 13.6. The summed E-state index contributed by atoms with van der Waals surface area (Å²) in [6.07, 6.45) is -0.193. The van der Waals surface area contributed by atoms with Crippen LogP contribution in [0.1, 0.15) is 16.6 Å². The number of amides is 1. The fraction of sp³-hybridized carbons (Fsp3) is 0.316. The lowest BCUT2D eigenvalue weighted by atomic mass is 10.1. The molecule has 3 rings (SSSR count). The Bertz CT molecular complexity index is 1330. The van der Waals surface area contributed by atoms with Gasteiger partial charge in [-0.3, -0.25) is 29.1 Å². The molecule has 1 aromatic heterocycles. The number of aromatic nitrogens is 1. The van der Waals surface area contributed by atoms with Crippen molar-refractivity contribution in [3.63, 3.8) is 0 Å². The zero-order valence-electron chi connectivity index (χ0n) is 18.2. The molecule has 1 amide bonds. The predicted octanol–water partition coefficient (Wildman–Crippen LogP) is 1.33. The monoisotopic (exact) mass is 528 g/mol. The number of methoxy groups -OCH3 is 1. The first-order valence-corrected chi connectivity index (χ1v) is 12.1.